The van der Waals surface area contributed by atoms with Crippen molar-refractivity contribution in [2.45, 2.75) is 39.2 Å². The van der Waals surface area contributed by atoms with E-state index in [2.05, 4.69) is 34.0 Å². The van der Waals surface area contributed by atoms with Crippen LogP contribution in [-0.2, 0) is 0 Å². The van der Waals surface area contributed by atoms with E-state index in [9.17, 15) is 4.79 Å². The van der Waals surface area contributed by atoms with Crippen molar-refractivity contribution in [1.29, 1.82) is 0 Å². The molecule has 0 radical (unpaired) electrons. The molecular formula is C14H25N5O. The summed E-state index contributed by atoms with van der Waals surface area (Å²) >= 11 is 0. The maximum atomic E-state index is 11.5. The summed E-state index contributed by atoms with van der Waals surface area (Å²) in [7, 11) is 0. The van der Waals surface area contributed by atoms with Crippen molar-refractivity contribution in [1.82, 2.24) is 15.3 Å². The van der Waals surface area contributed by atoms with E-state index in [1.807, 2.05) is 0 Å². The molecule has 4 N–H and O–H groups in total. The molecule has 1 fully saturated rings. The van der Waals surface area contributed by atoms with E-state index < -0.39 is 0 Å². The Hall–Kier alpha value is -1.56. The molecule has 6 heteroatoms. The average molecular weight is 279 g/mol. The maximum Gasteiger partial charge on any atom is 0.276 e. The van der Waals surface area contributed by atoms with Gasteiger partial charge in [0, 0.05) is 19.1 Å². The highest BCUT2D eigenvalue weighted by atomic mass is 16.1. The summed E-state index contributed by atoms with van der Waals surface area (Å²) in [6.07, 6.45) is 4.79. The lowest BCUT2D eigenvalue weighted by Gasteiger charge is -2.36. The summed E-state index contributed by atoms with van der Waals surface area (Å²) in [4.78, 5) is 20.3. The molecule has 0 bridgehead atoms. The van der Waals surface area contributed by atoms with E-state index in [4.69, 9.17) is 5.73 Å². The van der Waals surface area contributed by atoms with Crippen molar-refractivity contribution >= 4 is 11.5 Å². The normalized spacial score (nSPS) is 18.2. The maximum absolute atomic E-state index is 11.5. The lowest BCUT2D eigenvalue weighted by molar-refractivity contribution is 0.311. The zero-order valence-electron chi connectivity index (χ0n) is 12.4. The summed E-state index contributed by atoms with van der Waals surface area (Å²) in [5, 5.41) is 3.56. The van der Waals surface area contributed by atoms with Crippen LogP contribution in [-0.4, -0.2) is 35.6 Å². The van der Waals surface area contributed by atoms with Gasteiger partial charge in [0.2, 0.25) is 0 Å². The summed E-state index contributed by atoms with van der Waals surface area (Å²) in [5.74, 6) is 1.31. The Bertz CT molecular complexity index is 479. The molecule has 1 aromatic rings. The SMILES string of the molecule is CCCNC(C)C1CCN(c2nc[nH]c(=O)c2N)CC1. The van der Waals surface area contributed by atoms with Crippen LogP contribution in [0, 0.1) is 5.92 Å². The van der Waals surface area contributed by atoms with E-state index in [1.54, 1.807) is 0 Å². The number of H-pyrrole nitrogens is 1. The summed E-state index contributed by atoms with van der Waals surface area (Å²) < 4.78 is 0. The van der Waals surface area contributed by atoms with E-state index in [-0.39, 0.29) is 11.2 Å². The third kappa shape index (κ3) is 3.30. The molecular weight excluding hydrogens is 254 g/mol. The van der Waals surface area contributed by atoms with Gasteiger partial charge in [-0.05, 0) is 38.6 Å². The molecule has 1 atom stereocenters. The number of nitrogens with two attached hydrogens (primary N) is 1. The van der Waals surface area contributed by atoms with E-state index >= 15 is 0 Å². The molecule has 0 aromatic carbocycles. The van der Waals surface area contributed by atoms with E-state index in [0.717, 1.165) is 38.9 Å². The van der Waals surface area contributed by atoms with Gasteiger partial charge in [-0.2, -0.15) is 0 Å². The van der Waals surface area contributed by atoms with Crippen molar-refractivity contribution in [3.05, 3.63) is 16.7 Å². The fourth-order valence-electron chi connectivity index (χ4n) is 2.80. The van der Waals surface area contributed by atoms with Crippen molar-refractivity contribution < 1.29 is 0 Å². The number of aromatic amines is 1. The van der Waals surface area contributed by atoms with Gasteiger partial charge >= 0.3 is 0 Å². The van der Waals surface area contributed by atoms with Gasteiger partial charge in [0.05, 0.1) is 6.33 Å². The first-order valence-corrected chi connectivity index (χ1v) is 7.45. The largest absolute Gasteiger partial charge is 0.391 e. The number of rotatable bonds is 5. The van der Waals surface area contributed by atoms with Crippen molar-refractivity contribution in [3.8, 4) is 0 Å². The lowest BCUT2D eigenvalue weighted by Crippen LogP contribution is -2.43. The number of nitrogens with zero attached hydrogens (tertiary/aromatic N) is 2. The minimum atomic E-state index is -0.255. The first-order valence-electron chi connectivity index (χ1n) is 7.45. The molecule has 1 aromatic heterocycles. The number of nitrogens with one attached hydrogen (secondary N) is 2. The van der Waals surface area contributed by atoms with Gasteiger partial charge in [0.15, 0.2) is 5.82 Å². The Morgan fingerprint density at radius 3 is 2.90 bits per heavy atom. The van der Waals surface area contributed by atoms with Crippen LogP contribution in [0.1, 0.15) is 33.1 Å². The van der Waals surface area contributed by atoms with E-state index in [1.165, 1.54) is 6.33 Å². The first-order chi connectivity index (χ1) is 9.63. The number of anilines is 2. The third-order valence-electron chi connectivity index (χ3n) is 4.13. The van der Waals surface area contributed by atoms with Crippen molar-refractivity contribution in [2.75, 3.05) is 30.3 Å². The van der Waals surface area contributed by atoms with Gasteiger partial charge in [0.25, 0.3) is 5.56 Å². The molecule has 2 rings (SSSR count). The third-order valence-corrected chi connectivity index (χ3v) is 4.13. The van der Waals surface area contributed by atoms with E-state index in [0.29, 0.717) is 17.8 Å². The smallest absolute Gasteiger partial charge is 0.276 e. The predicted octanol–water partition coefficient (Wildman–Crippen LogP) is 0.957. The van der Waals surface area contributed by atoms with Gasteiger partial charge in [-0.25, -0.2) is 4.98 Å². The number of piperidine rings is 1. The second kappa shape index (κ2) is 6.74. The molecule has 0 aliphatic carbocycles. The summed E-state index contributed by atoms with van der Waals surface area (Å²) in [6, 6.07) is 0.543. The highest BCUT2D eigenvalue weighted by Crippen LogP contribution is 2.25. The molecule has 1 unspecified atom stereocenters. The van der Waals surface area contributed by atoms with Gasteiger partial charge < -0.3 is 20.9 Å². The van der Waals surface area contributed by atoms with Gasteiger partial charge in [-0.1, -0.05) is 6.92 Å². The monoisotopic (exact) mass is 279 g/mol. The molecule has 20 heavy (non-hydrogen) atoms. The van der Waals surface area contributed by atoms with Crippen LogP contribution in [0.25, 0.3) is 0 Å². The molecule has 1 aliphatic heterocycles. The van der Waals surface area contributed by atoms with Crippen LogP contribution in [0.2, 0.25) is 0 Å². The Morgan fingerprint density at radius 1 is 1.55 bits per heavy atom. The molecule has 112 valence electrons. The fourth-order valence-corrected chi connectivity index (χ4v) is 2.80. The fraction of sp³-hybridized carbons (Fsp3) is 0.714. The van der Waals surface area contributed by atoms with Crippen LogP contribution < -0.4 is 21.5 Å². The Labute approximate surface area is 119 Å². The number of aromatic nitrogens is 2. The number of nitrogen functional groups attached to an aromatic ring is 1. The van der Waals surface area contributed by atoms with Gasteiger partial charge in [-0.3, -0.25) is 4.79 Å². The van der Waals surface area contributed by atoms with Crippen LogP contribution in [0.15, 0.2) is 11.1 Å². The Morgan fingerprint density at radius 2 is 2.25 bits per heavy atom. The van der Waals surface area contributed by atoms with Gasteiger partial charge in [-0.15, -0.1) is 0 Å². The minimum Gasteiger partial charge on any atom is -0.391 e. The highest BCUT2D eigenvalue weighted by molar-refractivity contribution is 5.60. The summed E-state index contributed by atoms with van der Waals surface area (Å²) in [5.41, 5.74) is 5.78. The second-order valence-electron chi connectivity index (χ2n) is 5.54. The zero-order chi connectivity index (χ0) is 14.5. The second-order valence-corrected chi connectivity index (χ2v) is 5.54. The molecule has 0 spiro atoms. The Kier molecular flexibility index (Phi) is 5.00. The highest BCUT2D eigenvalue weighted by Gasteiger charge is 2.25. The molecule has 0 saturated carbocycles. The van der Waals surface area contributed by atoms with Crippen molar-refractivity contribution in [2.24, 2.45) is 5.92 Å². The minimum absolute atomic E-state index is 0.225. The van der Waals surface area contributed by atoms with Gasteiger partial charge in [0.1, 0.15) is 5.69 Å². The van der Waals surface area contributed by atoms with Crippen LogP contribution >= 0.6 is 0 Å². The zero-order valence-corrected chi connectivity index (χ0v) is 12.4. The number of hydrogen-bond donors (Lipinski definition) is 3. The lowest BCUT2D eigenvalue weighted by atomic mass is 9.90. The van der Waals surface area contributed by atoms with Crippen LogP contribution in [0.4, 0.5) is 11.5 Å². The van der Waals surface area contributed by atoms with Crippen LogP contribution in [0.5, 0.6) is 0 Å². The van der Waals surface area contributed by atoms with Crippen molar-refractivity contribution in [3.63, 3.8) is 0 Å². The number of hydrogen-bond acceptors (Lipinski definition) is 5. The average Bonchev–Trinajstić information content (AvgIpc) is 2.48. The Balaban J connectivity index is 1.94. The summed E-state index contributed by atoms with van der Waals surface area (Å²) in [6.45, 7) is 7.33. The standard InChI is InChI=1S/C14H25N5O/c1-3-6-16-10(2)11-4-7-19(8-5-11)13-12(15)14(20)18-9-17-13/h9-11,16H,3-8,15H2,1-2H3,(H,17,18,20). The van der Waals surface area contributed by atoms with Crippen LogP contribution in [0.3, 0.4) is 0 Å². The topological polar surface area (TPSA) is 87.0 Å². The first kappa shape index (κ1) is 14.8. The molecule has 1 aliphatic rings. The molecule has 2 heterocycles. The predicted molar refractivity (Wildman–Crippen MR) is 82.0 cm³/mol. The molecule has 0 amide bonds. The quantitative estimate of drug-likeness (QED) is 0.747. The molecule has 6 nitrogen and oxygen atoms in total. The molecule has 1 saturated heterocycles.